The van der Waals surface area contributed by atoms with Gasteiger partial charge >= 0.3 is 5.97 Å². The van der Waals surface area contributed by atoms with Crippen molar-refractivity contribution in [1.29, 1.82) is 0 Å². The van der Waals surface area contributed by atoms with Crippen LogP contribution in [-0.2, 0) is 14.3 Å². The normalized spacial score (nSPS) is 51.0. The summed E-state index contributed by atoms with van der Waals surface area (Å²) < 4.78 is 5.99. The van der Waals surface area contributed by atoms with Crippen LogP contribution in [0.15, 0.2) is 23.8 Å². The molecule has 3 heteroatoms. The smallest absolute Gasteiger partial charge is 0.306 e. The predicted molar refractivity (Wildman–Crippen MR) is 94.7 cm³/mol. The Labute approximate surface area is 149 Å². The van der Waals surface area contributed by atoms with Crippen molar-refractivity contribution in [3.63, 3.8) is 0 Å². The Hall–Kier alpha value is -1.38. The summed E-state index contributed by atoms with van der Waals surface area (Å²) in [4.78, 5) is 23.8. The second kappa shape index (κ2) is 4.86. The highest BCUT2D eigenvalue weighted by atomic mass is 16.6. The fraction of sp³-hybridized carbons (Fsp3) is 0.727. The number of allylic oxidation sites excluding steroid dienone is 4. The number of ketones is 1. The van der Waals surface area contributed by atoms with Crippen LogP contribution in [0.3, 0.4) is 0 Å². The van der Waals surface area contributed by atoms with Crippen LogP contribution in [0.5, 0.6) is 0 Å². The van der Waals surface area contributed by atoms with Crippen molar-refractivity contribution >= 4 is 11.8 Å². The van der Waals surface area contributed by atoms with Gasteiger partial charge in [-0.3, -0.25) is 9.59 Å². The van der Waals surface area contributed by atoms with Gasteiger partial charge in [-0.05, 0) is 73.3 Å². The molecule has 1 heterocycles. The average molecular weight is 340 g/mol. The first-order valence-corrected chi connectivity index (χ1v) is 10.0. The molecule has 3 nitrogen and oxygen atoms in total. The third kappa shape index (κ3) is 1.88. The summed E-state index contributed by atoms with van der Waals surface area (Å²) >= 11 is 0. The molecule has 0 bridgehead atoms. The zero-order chi connectivity index (χ0) is 17.4. The summed E-state index contributed by atoms with van der Waals surface area (Å²) in [6.07, 6.45) is 14.3. The van der Waals surface area contributed by atoms with E-state index in [9.17, 15) is 9.59 Å². The van der Waals surface area contributed by atoms with Gasteiger partial charge in [0.15, 0.2) is 5.78 Å². The summed E-state index contributed by atoms with van der Waals surface area (Å²) in [5, 5.41) is 0. The zero-order valence-electron chi connectivity index (χ0n) is 15.3. The average Bonchev–Trinajstić information content (AvgIpc) is 3.10. The van der Waals surface area contributed by atoms with Gasteiger partial charge in [-0.25, -0.2) is 0 Å². The van der Waals surface area contributed by atoms with Gasteiger partial charge in [-0.2, -0.15) is 0 Å². The summed E-state index contributed by atoms with van der Waals surface area (Å²) in [5.74, 6) is 2.08. The molecule has 0 aromatic rings. The summed E-state index contributed by atoms with van der Waals surface area (Å²) in [7, 11) is 0. The van der Waals surface area contributed by atoms with Gasteiger partial charge in [0.2, 0.25) is 0 Å². The van der Waals surface area contributed by atoms with Gasteiger partial charge in [0, 0.05) is 18.3 Å². The molecular formula is C22H28O3. The number of fused-ring (bicyclic) bond motifs is 6. The third-order valence-electron chi connectivity index (χ3n) is 8.85. The van der Waals surface area contributed by atoms with Crippen molar-refractivity contribution in [3.05, 3.63) is 23.8 Å². The van der Waals surface area contributed by atoms with Gasteiger partial charge in [0.05, 0.1) is 0 Å². The molecule has 1 spiro atoms. The Morgan fingerprint density at radius 2 is 1.80 bits per heavy atom. The van der Waals surface area contributed by atoms with Crippen molar-refractivity contribution in [2.75, 3.05) is 0 Å². The minimum atomic E-state index is -0.201. The molecule has 0 amide bonds. The maximum atomic E-state index is 11.9. The molecule has 1 aliphatic heterocycles. The third-order valence-corrected chi connectivity index (χ3v) is 8.85. The predicted octanol–water partition coefficient (Wildman–Crippen LogP) is 4.37. The monoisotopic (exact) mass is 340 g/mol. The van der Waals surface area contributed by atoms with E-state index in [0.29, 0.717) is 30.6 Å². The maximum Gasteiger partial charge on any atom is 0.306 e. The van der Waals surface area contributed by atoms with Gasteiger partial charge < -0.3 is 4.74 Å². The van der Waals surface area contributed by atoms with Gasteiger partial charge in [-0.15, -0.1) is 0 Å². The van der Waals surface area contributed by atoms with E-state index < -0.39 is 0 Å². The van der Waals surface area contributed by atoms with Gasteiger partial charge in [0.25, 0.3) is 0 Å². The summed E-state index contributed by atoms with van der Waals surface area (Å²) in [6.45, 7) is 4.78. The largest absolute Gasteiger partial charge is 0.458 e. The zero-order valence-corrected chi connectivity index (χ0v) is 15.3. The van der Waals surface area contributed by atoms with Crippen LogP contribution in [0.1, 0.15) is 65.2 Å². The molecule has 5 aliphatic rings. The minimum Gasteiger partial charge on any atom is -0.458 e. The molecule has 1 saturated heterocycles. The minimum absolute atomic E-state index is 0.00570. The molecule has 0 radical (unpaired) electrons. The Morgan fingerprint density at radius 3 is 2.56 bits per heavy atom. The maximum absolute atomic E-state index is 11.9. The number of carbonyl (C=O) groups is 2. The number of hydrogen-bond acceptors (Lipinski definition) is 3. The second-order valence-corrected chi connectivity index (χ2v) is 9.60. The van der Waals surface area contributed by atoms with Crippen LogP contribution in [0.2, 0.25) is 0 Å². The van der Waals surface area contributed by atoms with Crippen LogP contribution in [0.4, 0.5) is 0 Å². The number of rotatable bonds is 0. The second-order valence-electron chi connectivity index (χ2n) is 9.60. The highest BCUT2D eigenvalue weighted by Crippen LogP contribution is 2.68. The molecule has 134 valence electrons. The topological polar surface area (TPSA) is 43.4 Å². The lowest BCUT2D eigenvalue weighted by Crippen LogP contribution is -2.53. The lowest BCUT2D eigenvalue weighted by atomic mass is 9.48. The number of esters is 1. The SMILES string of the molecule is C[C@]12CCC(=O)C=C1C=C[C@@H]1[C@H]2CC[C@]2(C)[C@@H]1CC[C@@]21CCC(=O)O1. The van der Waals surface area contributed by atoms with Crippen LogP contribution in [0.25, 0.3) is 0 Å². The Morgan fingerprint density at radius 1 is 1.00 bits per heavy atom. The molecule has 0 aromatic carbocycles. The summed E-state index contributed by atoms with van der Waals surface area (Å²) in [5.41, 5.74) is 1.32. The molecule has 5 rings (SSSR count). The number of carbonyl (C=O) groups excluding carboxylic acids is 2. The van der Waals surface area contributed by atoms with Gasteiger partial charge in [-0.1, -0.05) is 26.0 Å². The van der Waals surface area contributed by atoms with Crippen molar-refractivity contribution in [2.24, 2.45) is 28.6 Å². The highest BCUT2D eigenvalue weighted by molar-refractivity contribution is 5.92. The van der Waals surface area contributed by atoms with E-state index in [1.54, 1.807) is 0 Å². The van der Waals surface area contributed by atoms with E-state index in [2.05, 4.69) is 26.0 Å². The standard InChI is InChI=1S/C22H28O3/c1-20-9-5-15(23)13-14(20)3-4-16-17(20)6-10-21(2)18(16)7-11-22(21)12-8-19(24)25-22/h3-4,13,16-18H,5-12H2,1-2H3/t16-,17-,18-,20+,21-,22-/m1/s1. The quantitative estimate of drug-likeness (QED) is 0.615. The van der Waals surface area contributed by atoms with Gasteiger partial charge in [0.1, 0.15) is 5.60 Å². The van der Waals surface area contributed by atoms with E-state index in [1.165, 1.54) is 18.4 Å². The van der Waals surface area contributed by atoms with Crippen molar-refractivity contribution in [2.45, 2.75) is 70.8 Å². The van der Waals surface area contributed by atoms with E-state index in [-0.39, 0.29) is 28.2 Å². The Bertz CT molecular complexity index is 719. The molecule has 2 saturated carbocycles. The summed E-state index contributed by atoms with van der Waals surface area (Å²) in [6, 6.07) is 0. The van der Waals surface area contributed by atoms with E-state index in [1.807, 2.05) is 6.08 Å². The lowest BCUT2D eigenvalue weighted by molar-refractivity contribution is -0.165. The van der Waals surface area contributed by atoms with E-state index in [0.717, 1.165) is 25.7 Å². The lowest BCUT2D eigenvalue weighted by Gasteiger charge is -2.57. The van der Waals surface area contributed by atoms with Crippen molar-refractivity contribution in [3.8, 4) is 0 Å². The van der Waals surface area contributed by atoms with Crippen molar-refractivity contribution in [1.82, 2.24) is 0 Å². The first kappa shape index (κ1) is 15.8. The Kier molecular flexibility index (Phi) is 3.08. The van der Waals surface area contributed by atoms with E-state index in [4.69, 9.17) is 4.74 Å². The number of hydrogen-bond donors (Lipinski definition) is 0. The molecule has 0 N–H and O–H groups in total. The molecule has 0 unspecified atom stereocenters. The van der Waals surface area contributed by atoms with Crippen LogP contribution in [0, 0.1) is 28.6 Å². The molecule has 25 heavy (non-hydrogen) atoms. The number of ether oxygens (including phenoxy) is 1. The fourth-order valence-corrected chi connectivity index (χ4v) is 7.29. The highest BCUT2D eigenvalue weighted by Gasteiger charge is 2.66. The molecule has 6 atom stereocenters. The molecule has 4 aliphatic carbocycles. The van der Waals surface area contributed by atoms with Crippen molar-refractivity contribution < 1.29 is 14.3 Å². The molecule has 0 aromatic heterocycles. The fourth-order valence-electron chi connectivity index (χ4n) is 7.29. The first-order valence-electron chi connectivity index (χ1n) is 10.0. The van der Waals surface area contributed by atoms with Crippen LogP contribution in [-0.4, -0.2) is 17.4 Å². The molecular weight excluding hydrogens is 312 g/mol. The molecule has 3 fully saturated rings. The van der Waals surface area contributed by atoms with Crippen LogP contribution < -0.4 is 0 Å². The van der Waals surface area contributed by atoms with Crippen LogP contribution >= 0.6 is 0 Å². The Balaban J connectivity index is 1.53. The first-order chi connectivity index (χ1) is 11.9. The van der Waals surface area contributed by atoms with E-state index >= 15 is 0 Å².